The second kappa shape index (κ2) is 7.39. The number of benzene rings is 2. The number of anilines is 1. The van der Waals surface area contributed by atoms with E-state index in [0.717, 1.165) is 0 Å². The lowest BCUT2D eigenvalue weighted by molar-refractivity contribution is -0.112. The van der Waals surface area contributed by atoms with Gasteiger partial charge < -0.3 is 10.4 Å². The number of nitrogens with one attached hydrogen (secondary N) is 1. The van der Waals surface area contributed by atoms with Crippen LogP contribution in [0.3, 0.4) is 0 Å². The lowest BCUT2D eigenvalue weighted by Crippen LogP contribution is -2.13. The van der Waals surface area contributed by atoms with Crippen LogP contribution in [0.15, 0.2) is 54.1 Å². The van der Waals surface area contributed by atoms with Crippen molar-refractivity contribution in [1.82, 2.24) is 0 Å². The van der Waals surface area contributed by atoms with Gasteiger partial charge in [0.25, 0.3) is 5.91 Å². The summed E-state index contributed by atoms with van der Waals surface area (Å²) >= 11 is 0. The van der Waals surface area contributed by atoms with Crippen LogP contribution < -0.4 is 5.32 Å². The average molecular weight is 317 g/mol. The molecular formula is C18H11N3O3. The summed E-state index contributed by atoms with van der Waals surface area (Å²) < 4.78 is 0. The fraction of sp³-hybridized carbons (Fsp3) is 0. The van der Waals surface area contributed by atoms with E-state index in [1.54, 1.807) is 30.3 Å². The Bertz CT molecular complexity index is 900. The van der Waals surface area contributed by atoms with Crippen molar-refractivity contribution < 1.29 is 14.7 Å². The number of amides is 1. The number of rotatable bonds is 4. The van der Waals surface area contributed by atoms with E-state index in [0.29, 0.717) is 11.1 Å². The Morgan fingerprint density at radius 1 is 1.08 bits per heavy atom. The second-order valence-electron chi connectivity index (χ2n) is 4.74. The number of nitrogens with zero attached hydrogens (tertiary/aromatic N) is 2. The molecule has 0 saturated carbocycles. The van der Waals surface area contributed by atoms with E-state index in [4.69, 9.17) is 15.6 Å². The number of nitriles is 2. The van der Waals surface area contributed by atoms with Crippen molar-refractivity contribution in [1.29, 1.82) is 10.5 Å². The quantitative estimate of drug-likeness (QED) is 0.664. The molecule has 0 aliphatic heterocycles. The predicted molar refractivity (Wildman–Crippen MR) is 86.8 cm³/mol. The van der Waals surface area contributed by atoms with E-state index >= 15 is 0 Å². The molecule has 2 aromatic rings. The molecule has 0 aliphatic rings. The SMILES string of the molecule is N#C/C(=C/c1ccc(C#N)cc1)C(=O)Nc1cccc(C(=O)O)c1. The van der Waals surface area contributed by atoms with Gasteiger partial charge in [-0.15, -0.1) is 0 Å². The number of carbonyl (C=O) groups excluding carboxylic acids is 1. The molecule has 0 atom stereocenters. The number of aromatic carboxylic acids is 1. The van der Waals surface area contributed by atoms with Crippen molar-refractivity contribution in [2.45, 2.75) is 0 Å². The van der Waals surface area contributed by atoms with Crippen molar-refractivity contribution in [3.8, 4) is 12.1 Å². The van der Waals surface area contributed by atoms with Gasteiger partial charge in [-0.1, -0.05) is 18.2 Å². The molecule has 0 radical (unpaired) electrons. The van der Waals surface area contributed by atoms with E-state index in [1.807, 2.05) is 6.07 Å². The monoisotopic (exact) mass is 317 g/mol. The standard InChI is InChI=1S/C18H11N3O3/c19-10-13-6-4-12(5-7-13)8-15(11-20)17(22)21-16-3-1-2-14(9-16)18(23)24/h1-9H,(H,21,22)(H,23,24)/b15-8-. The lowest BCUT2D eigenvalue weighted by atomic mass is 10.1. The highest BCUT2D eigenvalue weighted by Crippen LogP contribution is 2.14. The highest BCUT2D eigenvalue weighted by molar-refractivity contribution is 6.10. The van der Waals surface area contributed by atoms with Crippen molar-refractivity contribution in [3.63, 3.8) is 0 Å². The molecule has 0 unspecified atom stereocenters. The fourth-order valence-corrected chi connectivity index (χ4v) is 1.90. The topological polar surface area (TPSA) is 114 Å². The maximum absolute atomic E-state index is 12.2. The molecule has 0 heterocycles. The van der Waals surface area contributed by atoms with Gasteiger partial charge in [0.2, 0.25) is 0 Å². The van der Waals surface area contributed by atoms with Crippen molar-refractivity contribution in [3.05, 3.63) is 70.8 Å². The van der Waals surface area contributed by atoms with Crippen molar-refractivity contribution >= 4 is 23.6 Å². The van der Waals surface area contributed by atoms with Gasteiger partial charge in [-0.25, -0.2) is 4.79 Å². The van der Waals surface area contributed by atoms with Gasteiger partial charge in [0.05, 0.1) is 17.2 Å². The third-order valence-corrected chi connectivity index (χ3v) is 3.08. The van der Waals surface area contributed by atoms with Crippen molar-refractivity contribution in [2.75, 3.05) is 5.32 Å². The van der Waals surface area contributed by atoms with Crippen molar-refractivity contribution in [2.24, 2.45) is 0 Å². The van der Waals surface area contributed by atoms with Crippen LogP contribution in [0, 0.1) is 22.7 Å². The molecule has 24 heavy (non-hydrogen) atoms. The number of carboxylic acids is 1. The molecule has 0 fully saturated rings. The minimum atomic E-state index is -1.11. The van der Waals surface area contributed by atoms with Crippen LogP contribution >= 0.6 is 0 Å². The Morgan fingerprint density at radius 3 is 2.38 bits per heavy atom. The van der Waals surface area contributed by atoms with Crippen LogP contribution in [-0.2, 0) is 4.79 Å². The highest BCUT2D eigenvalue weighted by atomic mass is 16.4. The minimum absolute atomic E-state index is 0.0300. The van der Waals surface area contributed by atoms with E-state index in [2.05, 4.69) is 5.32 Å². The molecule has 1 amide bonds. The van der Waals surface area contributed by atoms with Crippen LogP contribution in [0.1, 0.15) is 21.5 Å². The Labute approximate surface area is 137 Å². The first-order valence-corrected chi connectivity index (χ1v) is 6.80. The fourth-order valence-electron chi connectivity index (χ4n) is 1.90. The molecule has 0 spiro atoms. The van der Waals surface area contributed by atoms with Gasteiger partial charge in [-0.05, 0) is 42.0 Å². The smallest absolute Gasteiger partial charge is 0.335 e. The molecule has 0 aromatic heterocycles. The van der Waals surface area contributed by atoms with Gasteiger partial charge in [0.1, 0.15) is 11.6 Å². The maximum atomic E-state index is 12.2. The summed E-state index contributed by atoms with van der Waals surface area (Å²) in [6.45, 7) is 0. The summed E-state index contributed by atoms with van der Waals surface area (Å²) in [4.78, 5) is 23.1. The van der Waals surface area contributed by atoms with Gasteiger partial charge in [-0.3, -0.25) is 4.79 Å². The number of hydrogen-bond donors (Lipinski definition) is 2. The molecule has 0 bridgehead atoms. The first kappa shape index (κ1) is 16.5. The summed E-state index contributed by atoms with van der Waals surface area (Å²) in [6.07, 6.45) is 1.39. The average Bonchev–Trinajstić information content (AvgIpc) is 2.60. The summed E-state index contributed by atoms with van der Waals surface area (Å²) in [5, 5.41) is 29.3. The maximum Gasteiger partial charge on any atom is 0.335 e. The number of hydrogen-bond acceptors (Lipinski definition) is 4. The molecule has 2 aromatic carbocycles. The number of carbonyl (C=O) groups is 2. The Kier molecular flexibility index (Phi) is 5.07. The first-order valence-electron chi connectivity index (χ1n) is 6.80. The van der Waals surface area contributed by atoms with Crippen LogP contribution in [0.25, 0.3) is 6.08 Å². The zero-order valence-electron chi connectivity index (χ0n) is 12.4. The lowest BCUT2D eigenvalue weighted by Gasteiger charge is -2.05. The normalized spacial score (nSPS) is 10.3. The van der Waals surface area contributed by atoms with Crippen LogP contribution in [-0.4, -0.2) is 17.0 Å². The zero-order valence-corrected chi connectivity index (χ0v) is 12.4. The van der Waals surface area contributed by atoms with Crippen LogP contribution in [0.5, 0.6) is 0 Å². The molecule has 116 valence electrons. The van der Waals surface area contributed by atoms with E-state index in [-0.39, 0.29) is 16.8 Å². The summed E-state index contributed by atoms with van der Waals surface area (Å²) in [7, 11) is 0. The Hall–Kier alpha value is -3.90. The van der Waals surface area contributed by atoms with E-state index < -0.39 is 11.9 Å². The van der Waals surface area contributed by atoms with Gasteiger partial charge >= 0.3 is 5.97 Å². The van der Waals surface area contributed by atoms with E-state index in [9.17, 15) is 9.59 Å². The Balaban J connectivity index is 2.21. The van der Waals surface area contributed by atoms with Crippen LogP contribution in [0.2, 0.25) is 0 Å². The van der Waals surface area contributed by atoms with E-state index in [1.165, 1.54) is 30.3 Å². The van der Waals surface area contributed by atoms with Gasteiger partial charge in [0.15, 0.2) is 0 Å². The predicted octanol–water partition coefficient (Wildman–Crippen LogP) is 2.80. The summed E-state index contributed by atoms with van der Waals surface area (Å²) in [5.41, 5.74) is 1.24. The Morgan fingerprint density at radius 2 is 1.79 bits per heavy atom. The highest BCUT2D eigenvalue weighted by Gasteiger charge is 2.11. The third kappa shape index (κ3) is 4.06. The largest absolute Gasteiger partial charge is 0.478 e. The second-order valence-corrected chi connectivity index (χ2v) is 4.74. The summed E-state index contributed by atoms with van der Waals surface area (Å²) in [6, 6.07) is 15.9. The molecule has 2 rings (SSSR count). The molecule has 6 heteroatoms. The molecule has 2 N–H and O–H groups in total. The first-order chi connectivity index (χ1) is 11.5. The van der Waals surface area contributed by atoms with Gasteiger partial charge in [-0.2, -0.15) is 10.5 Å². The zero-order chi connectivity index (χ0) is 17.5. The van der Waals surface area contributed by atoms with Gasteiger partial charge in [0, 0.05) is 5.69 Å². The molecule has 0 saturated heterocycles. The van der Waals surface area contributed by atoms with Crippen LogP contribution in [0.4, 0.5) is 5.69 Å². The summed E-state index contributed by atoms with van der Waals surface area (Å²) in [5.74, 6) is -1.76. The molecule has 6 nitrogen and oxygen atoms in total. The number of carboxylic acid groups (broad SMARTS) is 1. The minimum Gasteiger partial charge on any atom is -0.478 e. The molecular weight excluding hydrogens is 306 g/mol. The third-order valence-electron chi connectivity index (χ3n) is 3.08. The molecule has 0 aliphatic carbocycles.